The summed E-state index contributed by atoms with van der Waals surface area (Å²) >= 11 is 2.75. The maximum atomic E-state index is 11.9. The van der Waals surface area contributed by atoms with E-state index in [4.69, 9.17) is 4.74 Å². The number of hydrogen-bond donors (Lipinski definition) is 1. The van der Waals surface area contributed by atoms with Crippen molar-refractivity contribution in [2.75, 3.05) is 7.11 Å². The van der Waals surface area contributed by atoms with Crippen molar-refractivity contribution in [3.05, 3.63) is 51.6 Å². The van der Waals surface area contributed by atoms with Crippen LogP contribution in [0, 0.1) is 13.8 Å². The number of hydrogen-bond acceptors (Lipinski definition) is 6. The van der Waals surface area contributed by atoms with Gasteiger partial charge in [0.2, 0.25) is 0 Å². The van der Waals surface area contributed by atoms with Crippen LogP contribution in [0.2, 0.25) is 0 Å². The van der Waals surface area contributed by atoms with Gasteiger partial charge < -0.3 is 10.1 Å². The smallest absolute Gasteiger partial charge is 0.289 e. The van der Waals surface area contributed by atoms with Crippen LogP contribution in [0.1, 0.15) is 17.1 Å². The number of fused-ring (bicyclic) bond motifs is 1. The first kappa shape index (κ1) is 16.9. The Kier molecular flexibility index (Phi) is 4.29. The van der Waals surface area contributed by atoms with Crippen molar-refractivity contribution in [2.45, 2.75) is 13.8 Å². The maximum Gasteiger partial charge on any atom is 0.289 e. The van der Waals surface area contributed by atoms with Crippen molar-refractivity contribution in [3.8, 4) is 5.75 Å². The van der Waals surface area contributed by atoms with Crippen LogP contribution in [0.4, 0.5) is 10.5 Å². The van der Waals surface area contributed by atoms with Crippen molar-refractivity contribution in [1.29, 1.82) is 0 Å². The number of thioether (sulfide) groups is 1. The largest absolute Gasteiger partial charge is 0.497 e. The lowest BCUT2D eigenvalue weighted by molar-refractivity contribution is 0.265. The third-order valence-corrected chi connectivity index (χ3v) is 5.75. The van der Waals surface area contributed by atoms with Gasteiger partial charge in [0.05, 0.1) is 29.1 Å². The predicted octanol–water partition coefficient (Wildman–Crippen LogP) is 4.55. The molecule has 0 radical (unpaired) electrons. The second-order valence-corrected chi connectivity index (χ2v) is 7.61. The van der Waals surface area contributed by atoms with E-state index in [9.17, 15) is 4.79 Å². The SMILES string of the molecule is COc1ccc(N=C2NC(=O)S/C2=C\c2c(C)nc3scc(C)n23)cc1. The number of carbonyl (C=O) groups excluding carboxylic acids is 1. The molecule has 0 bridgehead atoms. The average Bonchev–Trinajstić information content (AvgIpc) is 3.25. The highest BCUT2D eigenvalue weighted by Crippen LogP contribution is 2.31. The standard InChI is InChI=1S/C18H16N4O2S2/c1-10-9-25-17-19-11(2)14(22(10)17)8-15-16(21-18(23)26-15)20-12-4-6-13(24-3)7-5-12/h4-9H,1-3H3,(H,20,21,23)/b15-8-. The number of amides is 1. The summed E-state index contributed by atoms with van der Waals surface area (Å²) in [6.07, 6.45) is 1.97. The lowest BCUT2D eigenvalue weighted by atomic mass is 10.3. The molecule has 0 unspecified atom stereocenters. The molecule has 2 aromatic heterocycles. The van der Waals surface area contributed by atoms with Crippen molar-refractivity contribution < 1.29 is 9.53 Å². The molecular formula is C18H16N4O2S2. The number of rotatable bonds is 3. The van der Waals surface area contributed by atoms with Crippen LogP contribution in [-0.2, 0) is 0 Å². The van der Waals surface area contributed by atoms with E-state index in [2.05, 4.69) is 25.1 Å². The number of aryl methyl sites for hydroxylation is 2. The molecule has 0 spiro atoms. The van der Waals surface area contributed by atoms with E-state index in [1.54, 1.807) is 18.4 Å². The lowest BCUT2D eigenvalue weighted by Crippen LogP contribution is -2.18. The number of amidine groups is 1. The average molecular weight is 384 g/mol. The van der Waals surface area contributed by atoms with E-state index in [1.165, 1.54) is 0 Å². The van der Waals surface area contributed by atoms with Gasteiger partial charge in [0.15, 0.2) is 4.96 Å². The monoisotopic (exact) mass is 384 g/mol. The van der Waals surface area contributed by atoms with Gasteiger partial charge in [0.25, 0.3) is 5.24 Å². The molecule has 0 atom stereocenters. The minimum absolute atomic E-state index is 0.135. The summed E-state index contributed by atoms with van der Waals surface area (Å²) in [6.45, 7) is 4.02. The molecular weight excluding hydrogens is 368 g/mol. The first-order valence-corrected chi connectivity index (χ1v) is 9.61. The number of aromatic nitrogens is 2. The molecule has 132 valence electrons. The van der Waals surface area contributed by atoms with E-state index in [0.29, 0.717) is 5.84 Å². The summed E-state index contributed by atoms with van der Waals surface area (Å²) in [5.41, 5.74) is 3.76. The fourth-order valence-corrected chi connectivity index (χ4v) is 4.35. The zero-order valence-electron chi connectivity index (χ0n) is 14.4. The minimum Gasteiger partial charge on any atom is -0.497 e. The number of carbonyl (C=O) groups is 1. The van der Waals surface area contributed by atoms with Crippen LogP contribution in [0.25, 0.3) is 11.0 Å². The van der Waals surface area contributed by atoms with Gasteiger partial charge in [-0.3, -0.25) is 9.20 Å². The number of methoxy groups -OCH3 is 1. The molecule has 1 N–H and O–H groups in total. The Bertz CT molecular complexity index is 1060. The van der Waals surface area contributed by atoms with Crippen LogP contribution in [-0.4, -0.2) is 27.6 Å². The molecule has 1 aliphatic rings. The second kappa shape index (κ2) is 6.62. The fraction of sp³-hybridized carbons (Fsp3) is 0.167. The Hall–Kier alpha value is -2.58. The number of thiazole rings is 1. The topological polar surface area (TPSA) is 68.0 Å². The molecule has 3 heterocycles. The van der Waals surface area contributed by atoms with Crippen LogP contribution in [0.15, 0.2) is 39.5 Å². The van der Waals surface area contributed by atoms with Crippen molar-refractivity contribution in [2.24, 2.45) is 4.99 Å². The second-order valence-electron chi connectivity index (χ2n) is 5.76. The molecule has 1 aromatic carbocycles. The van der Waals surface area contributed by atoms with Gasteiger partial charge in [-0.15, -0.1) is 11.3 Å². The van der Waals surface area contributed by atoms with Gasteiger partial charge in [0, 0.05) is 11.1 Å². The number of ether oxygens (including phenoxy) is 1. The van der Waals surface area contributed by atoms with E-state index >= 15 is 0 Å². The maximum absolute atomic E-state index is 11.9. The number of aliphatic imine (C=N–C) groups is 1. The third-order valence-electron chi connectivity index (χ3n) is 3.99. The molecule has 1 amide bonds. The van der Waals surface area contributed by atoms with Crippen molar-refractivity contribution in [3.63, 3.8) is 0 Å². The van der Waals surface area contributed by atoms with E-state index in [-0.39, 0.29) is 5.24 Å². The highest BCUT2D eigenvalue weighted by Gasteiger charge is 2.25. The quantitative estimate of drug-likeness (QED) is 0.719. The van der Waals surface area contributed by atoms with Gasteiger partial charge >= 0.3 is 0 Å². The van der Waals surface area contributed by atoms with Gasteiger partial charge in [-0.25, -0.2) is 9.98 Å². The highest BCUT2D eigenvalue weighted by atomic mass is 32.2. The Labute approximate surface area is 158 Å². The normalized spacial score (nSPS) is 17.4. The van der Waals surface area contributed by atoms with Gasteiger partial charge in [-0.2, -0.15) is 0 Å². The van der Waals surface area contributed by atoms with E-state index in [0.717, 1.165) is 50.1 Å². The number of benzene rings is 1. The van der Waals surface area contributed by atoms with Crippen molar-refractivity contribution >= 4 is 50.9 Å². The van der Waals surface area contributed by atoms with E-state index < -0.39 is 0 Å². The Morgan fingerprint density at radius 3 is 2.77 bits per heavy atom. The van der Waals surface area contributed by atoms with Gasteiger partial charge in [-0.1, -0.05) is 0 Å². The fourth-order valence-electron chi connectivity index (χ4n) is 2.72. The van der Waals surface area contributed by atoms with Crippen LogP contribution in [0.3, 0.4) is 0 Å². The summed E-state index contributed by atoms with van der Waals surface area (Å²) in [6, 6.07) is 7.38. The van der Waals surface area contributed by atoms with Crippen LogP contribution >= 0.6 is 23.1 Å². The Morgan fingerprint density at radius 2 is 2.04 bits per heavy atom. The number of nitrogens with zero attached hydrogens (tertiary/aromatic N) is 3. The third kappa shape index (κ3) is 3.02. The summed E-state index contributed by atoms with van der Waals surface area (Å²) < 4.78 is 7.26. The zero-order chi connectivity index (χ0) is 18.3. The minimum atomic E-state index is -0.135. The molecule has 3 aromatic rings. The molecule has 4 rings (SSSR count). The molecule has 0 saturated carbocycles. The summed E-state index contributed by atoms with van der Waals surface area (Å²) in [4.78, 5) is 22.8. The van der Waals surface area contributed by atoms with E-state index in [1.807, 2.05) is 44.2 Å². The van der Waals surface area contributed by atoms with Crippen LogP contribution in [0.5, 0.6) is 5.75 Å². The van der Waals surface area contributed by atoms with Crippen molar-refractivity contribution in [1.82, 2.24) is 14.7 Å². The Balaban J connectivity index is 1.76. The first-order chi connectivity index (χ1) is 12.5. The molecule has 26 heavy (non-hydrogen) atoms. The first-order valence-electron chi connectivity index (χ1n) is 7.92. The molecule has 1 fully saturated rings. The zero-order valence-corrected chi connectivity index (χ0v) is 16.1. The summed E-state index contributed by atoms with van der Waals surface area (Å²) in [5, 5.41) is 4.75. The molecule has 0 aliphatic carbocycles. The highest BCUT2D eigenvalue weighted by molar-refractivity contribution is 8.18. The number of imidazole rings is 1. The number of nitrogens with one attached hydrogen (secondary N) is 1. The lowest BCUT2D eigenvalue weighted by Gasteiger charge is -2.02. The molecule has 8 heteroatoms. The van der Waals surface area contributed by atoms with Crippen LogP contribution < -0.4 is 10.1 Å². The van der Waals surface area contributed by atoms with Gasteiger partial charge in [-0.05, 0) is 56.0 Å². The predicted molar refractivity (Wildman–Crippen MR) is 107 cm³/mol. The molecule has 1 saturated heterocycles. The Morgan fingerprint density at radius 1 is 1.27 bits per heavy atom. The van der Waals surface area contributed by atoms with Gasteiger partial charge in [0.1, 0.15) is 11.6 Å². The molecule has 1 aliphatic heterocycles. The summed E-state index contributed by atoms with van der Waals surface area (Å²) in [5.74, 6) is 1.31. The summed E-state index contributed by atoms with van der Waals surface area (Å²) in [7, 11) is 1.62. The molecule has 6 nitrogen and oxygen atoms in total.